The molecule has 0 atom stereocenters. The van der Waals surface area contributed by atoms with E-state index in [-0.39, 0.29) is 0 Å². The molecule has 0 aliphatic carbocycles. The fourth-order valence-corrected chi connectivity index (χ4v) is 1.18. The Balaban J connectivity index is 4.08. The first kappa shape index (κ1) is 12.5. The third-order valence-electron chi connectivity index (χ3n) is 1.41. The van der Waals surface area contributed by atoms with Crippen LogP contribution in [0.5, 0.6) is 0 Å². The molecule has 1 nitrogen and oxygen atoms in total. The van der Waals surface area contributed by atoms with E-state index in [2.05, 4.69) is 55.2 Å². The zero-order valence-electron chi connectivity index (χ0n) is 8.26. The van der Waals surface area contributed by atoms with Gasteiger partial charge in [0, 0.05) is 11.9 Å². The van der Waals surface area contributed by atoms with Crippen LogP contribution in [0.1, 0.15) is 20.3 Å². The third kappa shape index (κ3) is 6.63. The summed E-state index contributed by atoms with van der Waals surface area (Å²) in [5, 5.41) is 0. The van der Waals surface area contributed by atoms with E-state index in [0.29, 0.717) is 0 Å². The lowest BCUT2D eigenvalue weighted by Crippen LogP contribution is -1.98. The molecule has 0 aliphatic heterocycles. The zero-order valence-corrected chi connectivity index (χ0v) is 10.4. The van der Waals surface area contributed by atoms with Gasteiger partial charge in [-0.15, -0.1) is 0 Å². The van der Waals surface area contributed by atoms with E-state index < -0.39 is 0 Å². The van der Waals surface area contributed by atoms with Crippen LogP contribution in [0.2, 0.25) is 0 Å². The van der Waals surface area contributed by atoms with E-state index in [0.717, 1.165) is 12.1 Å². The average Bonchev–Trinajstić information content (AvgIpc) is 2.04. The van der Waals surface area contributed by atoms with E-state index >= 15 is 0 Å². The highest BCUT2D eigenvalue weighted by Gasteiger charge is 1.93. The van der Waals surface area contributed by atoms with Crippen molar-refractivity contribution in [3.8, 4) is 0 Å². The van der Waals surface area contributed by atoms with Gasteiger partial charge in [0.15, 0.2) is 0 Å². The summed E-state index contributed by atoms with van der Waals surface area (Å²) >= 11 is 2.22. The topological polar surface area (TPSA) is 3.24 Å². The van der Waals surface area contributed by atoms with Gasteiger partial charge in [0.1, 0.15) is 0 Å². The second-order valence-electron chi connectivity index (χ2n) is 2.89. The largest absolute Gasteiger partial charge is 0.295 e. The molecule has 0 fully saturated rings. The van der Waals surface area contributed by atoms with Crippen molar-refractivity contribution in [1.82, 2.24) is 3.11 Å². The molecule has 0 saturated heterocycles. The summed E-state index contributed by atoms with van der Waals surface area (Å²) in [7, 11) is 0. The van der Waals surface area contributed by atoms with Crippen LogP contribution in [-0.4, -0.2) is 3.11 Å². The molecule has 72 valence electrons. The SMILES string of the molecule is C=C/C=C\C/C(C)=C\N(I)C(=C)C. The number of rotatable bonds is 5. The minimum absolute atomic E-state index is 0.957. The van der Waals surface area contributed by atoms with Gasteiger partial charge in [0.2, 0.25) is 0 Å². The molecule has 0 saturated carbocycles. The second-order valence-corrected chi connectivity index (χ2v) is 3.93. The van der Waals surface area contributed by atoms with Crippen molar-refractivity contribution in [3.05, 3.63) is 48.9 Å². The standard InChI is InChI=1S/C11H16IN/c1-5-6-7-8-11(4)9-13(12)10(2)3/h5-7,9H,1-2,8H2,3-4H3/b7-6-,11-9-. The van der Waals surface area contributed by atoms with Crippen molar-refractivity contribution in [2.45, 2.75) is 20.3 Å². The van der Waals surface area contributed by atoms with E-state index in [9.17, 15) is 0 Å². The Bertz CT molecular complexity index is 238. The van der Waals surface area contributed by atoms with Gasteiger partial charge in [-0.05, 0) is 20.3 Å². The van der Waals surface area contributed by atoms with Gasteiger partial charge >= 0.3 is 0 Å². The molecule has 0 aromatic rings. The minimum atomic E-state index is 0.957. The summed E-state index contributed by atoms with van der Waals surface area (Å²) < 4.78 is 1.99. The molecule has 0 radical (unpaired) electrons. The third-order valence-corrected chi connectivity index (χ3v) is 2.51. The van der Waals surface area contributed by atoms with Crippen LogP contribution in [0.4, 0.5) is 0 Å². The van der Waals surface area contributed by atoms with E-state index in [1.807, 2.05) is 16.1 Å². The first-order valence-electron chi connectivity index (χ1n) is 4.13. The first-order valence-corrected chi connectivity index (χ1v) is 5.09. The highest BCUT2D eigenvalue weighted by Crippen LogP contribution is 2.12. The van der Waals surface area contributed by atoms with Crippen LogP contribution in [0.3, 0.4) is 0 Å². The molecule has 13 heavy (non-hydrogen) atoms. The Morgan fingerprint density at radius 1 is 1.46 bits per heavy atom. The minimum Gasteiger partial charge on any atom is -0.295 e. The smallest absolute Gasteiger partial charge is 0.0636 e. The predicted octanol–water partition coefficient (Wildman–Crippen LogP) is 4.21. The molecule has 0 aromatic heterocycles. The average molecular weight is 289 g/mol. The van der Waals surface area contributed by atoms with Crippen molar-refractivity contribution in [3.63, 3.8) is 0 Å². The van der Waals surface area contributed by atoms with Crippen molar-refractivity contribution < 1.29 is 0 Å². The summed E-state index contributed by atoms with van der Waals surface area (Å²) in [5.74, 6) is 0. The maximum Gasteiger partial charge on any atom is 0.0636 e. The molecule has 0 aliphatic rings. The van der Waals surface area contributed by atoms with Crippen LogP contribution >= 0.6 is 22.9 Å². The van der Waals surface area contributed by atoms with E-state index in [4.69, 9.17) is 0 Å². The summed E-state index contributed by atoms with van der Waals surface area (Å²) in [6.07, 6.45) is 8.86. The summed E-state index contributed by atoms with van der Waals surface area (Å²) in [6.45, 7) is 11.5. The van der Waals surface area contributed by atoms with Crippen molar-refractivity contribution in [2.75, 3.05) is 0 Å². The van der Waals surface area contributed by atoms with Gasteiger partial charge in [-0.1, -0.05) is 37.0 Å². The molecule has 0 aromatic carbocycles. The fourth-order valence-electron chi connectivity index (χ4n) is 0.707. The molecule has 0 N–H and O–H groups in total. The lowest BCUT2D eigenvalue weighted by atomic mass is 10.2. The van der Waals surface area contributed by atoms with Gasteiger partial charge in [0.25, 0.3) is 0 Å². The molecular weight excluding hydrogens is 273 g/mol. The quantitative estimate of drug-likeness (QED) is 0.416. The molecule has 0 bridgehead atoms. The van der Waals surface area contributed by atoms with Crippen LogP contribution in [0, 0.1) is 0 Å². The lowest BCUT2D eigenvalue weighted by molar-refractivity contribution is 0.814. The Kier molecular flexibility index (Phi) is 6.68. The molecule has 0 rings (SSSR count). The Morgan fingerprint density at radius 2 is 2.08 bits per heavy atom. The van der Waals surface area contributed by atoms with Crippen LogP contribution < -0.4 is 0 Å². The molecule has 0 heterocycles. The van der Waals surface area contributed by atoms with E-state index in [1.165, 1.54) is 5.57 Å². The Hall–Kier alpha value is -0.510. The van der Waals surface area contributed by atoms with E-state index in [1.54, 1.807) is 6.08 Å². The Morgan fingerprint density at radius 3 is 2.54 bits per heavy atom. The molecule has 0 unspecified atom stereocenters. The summed E-state index contributed by atoms with van der Waals surface area (Å²) in [5.41, 5.74) is 2.34. The lowest BCUT2D eigenvalue weighted by Gasteiger charge is -2.11. The van der Waals surface area contributed by atoms with Gasteiger partial charge in [0.05, 0.1) is 22.9 Å². The van der Waals surface area contributed by atoms with Crippen LogP contribution in [0.25, 0.3) is 0 Å². The van der Waals surface area contributed by atoms with Crippen molar-refractivity contribution in [1.29, 1.82) is 0 Å². The normalized spacial score (nSPS) is 11.8. The van der Waals surface area contributed by atoms with Gasteiger partial charge in [-0.3, -0.25) is 3.11 Å². The molecular formula is C11H16IN. The molecule has 0 amide bonds. The summed E-state index contributed by atoms with van der Waals surface area (Å²) in [4.78, 5) is 0. The number of allylic oxidation sites excluding steroid dienone is 5. The number of hydrogen-bond acceptors (Lipinski definition) is 1. The number of hydrogen-bond donors (Lipinski definition) is 0. The second kappa shape index (κ2) is 6.95. The molecule has 0 spiro atoms. The maximum absolute atomic E-state index is 3.84. The predicted molar refractivity (Wildman–Crippen MR) is 68.4 cm³/mol. The van der Waals surface area contributed by atoms with Gasteiger partial charge < -0.3 is 0 Å². The van der Waals surface area contributed by atoms with Gasteiger partial charge in [-0.2, -0.15) is 0 Å². The van der Waals surface area contributed by atoms with Gasteiger partial charge in [-0.25, -0.2) is 0 Å². The highest BCUT2D eigenvalue weighted by atomic mass is 127. The van der Waals surface area contributed by atoms with Crippen molar-refractivity contribution in [2.24, 2.45) is 0 Å². The first-order chi connectivity index (χ1) is 6.07. The fraction of sp³-hybridized carbons (Fsp3) is 0.273. The Labute approximate surface area is 95.0 Å². The monoisotopic (exact) mass is 289 g/mol. The summed E-state index contributed by atoms with van der Waals surface area (Å²) in [6, 6.07) is 0. The van der Waals surface area contributed by atoms with Crippen LogP contribution in [0.15, 0.2) is 48.9 Å². The number of nitrogens with zero attached hydrogens (tertiary/aromatic N) is 1. The number of halogens is 1. The maximum atomic E-state index is 3.84. The van der Waals surface area contributed by atoms with Crippen molar-refractivity contribution >= 4 is 22.9 Å². The zero-order chi connectivity index (χ0) is 10.3. The highest BCUT2D eigenvalue weighted by molar-refractivity contribution is 14.1. The van der Waals surface area contributed by atoms with Crippen LogP contribution in [-0.2, 0) is 0 Å². The molecule has 2 heteroatoms.